The molecule has 1 N–H and O–H groups in total. The molecule has 128 valence electrons. The average Bonchev–Trinajstić information content (AvgIpc) is 3.37. The van der Waals surface area contributed by atoms with Gasteiger partial charge >= 0.3 is 0 Å². The lowest BCUT2D eigenvalue weighted by Crippen LogP contribution is -2.18. The van der Waals surface area contributed by atoms with Crippen molar-refractivity contribution in [2.75, 3.05) is 5.32 Å². The first kappa shape index (κ1) is 16.2. The number of hydrogen-bond donors (Lipinski definition) is 1. The first-order valence-electron chi connectivity index (χ1n) is 8.06. The number of hydrogen-bond acceptors (Lipinski definition) is 6. The van der Waals surface area contributed by atoms with Crippen LogP contribution in [0.2, 0.25) is 0 Å². The fourth-order valence-corrected chi connectivity index (χ4v) is 3.11. The third-order valence-corrected chi connectivity index (χ3v) is 4.58. The molecule has 0 saturated heterocycles. The van der Waals surface area contributed by atoms with Crippen molar-refractivity contribution in [3.63, 3.8) is 0 Å². The first-order valence-corrected chi connectivity index (χ1v) is 8.94. The van der Waals surface area contributed by atoms with Crippen molar-refractivity contribution in [2.24, 2.45) is 0 Å². The van der Waals surface area contributed by atoms with Gasteiger partial charge in [0.25, 0.3) is 5.91 Å². The van der Waals surface area contributed by atoms with Crippen molar-refractivity contribution in [3.05, 3.63) is 83.5 Å². The number of aromatic nitrogens is 4. The number of carbonyl (C=O) groups excluding carboxylic acids is 1. The Morgan fingerprint density at radius 3 is 2.62 bits per heavy atom. The van der Waals surface area contributed by atoms with E-state index in [0.29, 0.717) is 24.0 Å². The SMILES string of the molecule is O=C(c1ccccn1)n1nc(-c2cccs2)nc1NCc1ccccc1. The van der Waals surface area contributed by atoms with Crippen molar-refractivity contribution < 1.29 is 4.79 Å². The monoisotopic (exact) mass is 361 g/mol. The zero-order valence-electron chi connectivity index (χ0n) is 13.7. The molecule has 3 heterocycles. The number of carbonyl (C=O) groups is 1. The highest BCUT2D eigenvalue weighted by atomic mass is 32.1. The van der Waals surface area contributed by atoms with E-state index in [1.165, 1.54) is 16.0 Å². The highest BCUT2D eigenvalue weighted by molar-refractivity contribution is 7.13. The van der Waals surface area contributed by atoms with Gasteiger partial charge in [0.2, 0.25) is 5.95 Å². The van der Waals surface area contributed by atoms with E-state index in [1.807, 2.05) is 47.8 Å². The molecule has 4 aromatic rings. The molecule has 4 rings (SSSR count). The van der Waals surface area contributed by atoms with Gasteiger partial charge < -0.3 is 5.32 Å². The predicted octanol–water partition coefficient (Wildman–Crippen LogP) is 3.70. The summed E-state index contributed by atoms with van der Waals surface area (Å²) in [6, 6.07) is 19.0. The second-order valence-corrected chi connectivity index (χ2v) is 6.46. The Balaban J connectivity index is 1.67. The van der Waals surface area contributed by atoms with Crippen LogP contribution < -0.4 is 5.32 Å². The Morgan fingerprint density at radius 2 is 1.88 bits per heavy atom. The molecule has 1 aromatic carbocycles. The highest BCUT2D eigenvalue weighted by Crippen LogP contribution is 2.23. The van der Waals surface area contributed by atoms with Crippen molar-refractivity contribution in [1.82, 2.24) is 19.7 Å². The van der Waals surface area contributed by atoms with E-state index in [4.69, 9.17) is 0 Å². The van der Waals surface area contributed by atoms with Crippen LogP contribution in [0, 0.1) is 0 Å². The summed E-state index contributed by atoms with van der Waals surface area (Å²) in [4.78, 5) is 22.4. The number of thiophene rings is 1. The van der Waals surface area contributed by atoms with Crippen LogP contribution in [0.4, 0.5) is 5.95 Å². The number of benzene rings is 1. The third kappa shape index (κ3) is 3.38. The van der Waals surface area contributed by atoms with Crippen LogP contribution in [0.3, 0.4) is 0 Å². The summed E-state index contributed by atoms with van der Waals surface area (Å²) in [6.45, 7) is 0.541. The fraction of sp³-hybridized carbons (Fsp3) is 0.0526. The van der Waals surface area contributed by atoms with Crippen LogP contribution in [-0.2, 0) is 6.54 Å². The molecule has 3 aromatic heterocycles. The number of nitrogens with one attached hydrogen (secondary N) is 1. The molecule has 7 heteroatoms. The van der Waals surface area contributed by atoms with Crippen molar-refractivity contribution in [3.8, 4) is 10.7 Å². The Kier molecular flexibility index (Phi) is 4.53. The van der Waals surface area contributed by atoms with E-state index in [1.54, 1.807) is 24.4 Å². The van der Waals surface area contributed by atoms with Gasteiger partial charge in [0.15, 0.2) is 5.82 Å². The van der Waals surface area contributed by atoms with Gasteiger partial charge in [-0.15, -0.1) is 16.4 Å². The lowest BCUT2D eigenvalue weighted by molar-refractivity contribution is 0.0942. The van der Waals surface area contributed by atoms with Gasteiger partial charge in [-0.3, -0.25) is 9.78 Å². The maximum absolute atomic E-state index is 12.8. The Bertz CT molecular complexity index is 997. The minimum atomic E-state index is -0.323. The largest absolute Gasteiger partial charge is 0.350 e. The molecule has 0 fully saturated rings. The zero-order valence-corrected chi connectivity index (χ0v) is 14.6. The quantitative estimate of drug-likeness (QED) is 0.587. The lowest BCUT2D eigenvalue weighted by Gasteiger charge is -2.06. The van der Waals surface area contributed by atoms with Gasteiger partial charge in [-0.2, -0.15) is 9.67 Å². The predicted molar refractivity (Wildman–Crippen MR) is 101 cm³/mol. The standard InChI is InChI=1S/C19H15N5OS/c25-18(15-9-4-5-11-20-15)24-19(21-13-14-7-2-1-3-8-14)22-17(23-24)16-10-6-12-26-16/h1-12H,13H2,(H,21,22,23). The van der Waals surface area contributed by atoms with Crippen LogP contribution in [0.5, 0.6) is 0 Å². The van der Waals surface area contributed by atoms with E-state index in [0.717, 1.165) is 10.4 Å². The second kappa shape index (κ2) is 7.28. The summed E-state index contributed by atoms with van der Waals surface area (Å²) in [6.07, 6.45) is 1.58. The Morgan fingerprint density at radius 1 is 1.04 bits per heavy atom. The molecular formula is C19H15N5OS. The van der Waals surface area contributed by atoms with Crippen molar-refractivity contribution >= 4 is 23.2 Å². The molecule has 26 heavy (non-hydrogen) atoms. The highest BCUT2D eigenvalue weighted by Gasteiger charge is 2.19. The molecule has 6 nitrogen and oxygen atoms in total. The molecule has 0 aliphatic rings. The second-order valence-electron chi connectivity index (χ2n) is 5.51. The van der Waals surface area contributed by atoms with Crippen molar-refractivity contribution in [2.45, 2.75) is 6.54 Å². The summed E-state index contributed by atoms with van der Waals surface area (Å²) in [7, 11) is 0. The van der Waals surface area contributed by atoms with Crippen LogP contribution in [-0.4, -0.2) is 25.7 Å². The Labute approximate surface area is 154 Å². The molecule has 0 radical (unpaired) electrons. The molecule has 0 amide bonds. The molecule has 0 saturated carbocycles. The van der Waals surface area contributed by atoms with Gasteiger partial charge in [-0.1, -0.05) is 42.5 Å². The molecular weight excluding hydrogens is 346 g/mol. The normalized spacial score (nSPS) is 10.6. The molecule has 0 aliphatic carbocycles. The Hall–Kier alpha value is -3.32. The lowest BCUT2D eigenvalue weighted by atomic mass is 10.2. The van der Waals surface area contributed by atoms with Crippen LogP contribution >= 0.6 is 11.3 Å². The molecule has 0 aliphatic heterocycles. The molecule has 0 spiro atoms. The number of anilines is 1. The molecule has 0 bridgehead atoms. The first-order chi connectivity index (χ1) is 12.8. The van der Waals surface area contributed by atoms with E-state index in [2.05, 4.69) is 20.4 Å². The summed E-state index contributed by atoms with van der Waals surface area (Å²) in [5.41, 5.74) is 1.41. The van der Waals surface area contributed by atoms with E-state index >= 15 is 0 Å². The van der Waals surface area contributed by atoms with Gasteiger partial charge in [-0.25, -0.2) is 0 Å². The van der Waals surface area contributed by atoms with E-state index in [9.17, 15) is 4.79 Å². The zero-order chi connectivity index (χ0) is 17.8. The molecule has 0 atom stereocenters. The van der Waals surface area contributed by atoms with Crippen molar-refractivity contribution in [1.29, 1.82) is 0 Å². The number of nitrogens with zero attached hydrogens (tertiary/aromatic N) is 4. The van der Waals surface area contributed by atoms with Gasteiger partial charge in [0.1, 0.15) is 5.69 Å². The minimum Gasteiger partial charge on any atom is -0.350 e. The summed E-state index contributed by atoms with van der Waals surface area (Å²) >= 11 is 1.53. The van der Waals surface area contributed by atoms with E-state index < -0.39 is 0 Å². The minimum absolute atomic E-state index is 0.317. The smallest absolute Gasteiger partial charge is 0.299 e. The topological polar surface area (TPSA) is 72.7 Å². The maximum Gasteiger partial charge on any atom is 0.299 e. The maximum atomic E-state index is 12.8. The summed E-state index contributed by atoms with van der Waals surface area (Å²) in [5.74, 6) is 0.587. The van der Waals surface area contributed by atoms with Crippen LogP contribution in [0.1, 0.15) is 16.1 Å². The van der Waals surface area contributed by atoms with Gasteiger partial charge in [0.05, 0.1) is 4.88 Å². The fourth-order valence-electron chi connectivity index (χ4n) is 2.45. The van der Waals surface area contributed by atoms with Gasteiger partial charge in [-0.05, 0) is 29.1 Å². The van der Waals surface area contributed by atoms with E-state index in [-0.39, 0.29) is 5.91 Å². The number of rotatable bonds is 5. The van der Waals surface area contributed by atoms with Crippen LogP contribution in [0.25, 0.3) is 10.7 Å². The average molecular weight is 361 g/mol. The third-order valence-electron chi connectivity index (χ3n) is 3.72. The summed E-state index contributed by atoms with van der Waals surface area (Å²) in [5, 5.41) is 9.57. The van der Waals surface area contributed by atoms with Crippen LogP contribution in [0.15, 0.2) is 72.2 Å². The molecule has 0 unspecified atom stereocenters. The summed E-state index contributed by atoms with van der Waals surface area (Å²) < 4.78 is 1.28. The van der Waals surface area contributed by atoms with Gasteiger partial charge in [0, 0.05) is 12.7 Å². The number of pyridine rings is 1.